The number of hydrogen-bond acceptors (Lipinski definition) is 6. The predicted molar refractivity (Wildman–Crippen MR) is 107 cm³/mol. The highest BCUT2D eigenvalue weighted by atomic mass is 19.4. The second kappa shape index (κ2) is 7.45. The van der Waals surface area contributed by atoms with Gasteiger partial charge >= 0.3 is 6.18 Å². The van der Waals surface area contributed by atoms with Crippen molar-refractivity contribution in [3.63, 3.8) is 0 Å². The van der Waals surface area contributed by atoms with Crippen LogP contribution in [0.5, 0.6) is 0 Å². The molecule has 0 bridgehead atoms. The van der Waals surface area contributed by atoms with E-state index in [1.807, 2.05) is 6.92 Å². The minimum Gasteiger partial charge on any atom is -0.354 e. The number of fused-ring (bicyclic) bond motifs is 2. The second-order valence-electron chi connectivity index (χ2n) is 8.55. The molecular formula is C20H25F3N8. The van der Waals surface area contributed by atoms with Crippen molar-refractivity contribution in [1.82, 2.24) is 34.6 Å². The van der Waals surface area contributed by atoms with Crippen LogP contribution in [-0.2, 0) is 19.1 Å². The molecule has 0 radical (unpaired) electrons. The molecule has 8 nitrogen and oxygen atoms in total. The van der Waals surface area contributed by atoms with Crippen molar-refractivity contribution in [2.45, 2.75) is 71.0 Å². The summed E-state index contributed by atoms with van der Waals surface area (Å²) in [7, 11) is 0. The van der Waals surface area contributed by atoms with E-state index in [1.165, 1.54) is 6.42 Å². The zero-order chi connectivity index (χ0) is 21.8. The van der Waals surface area contributed by atoms with Gasteiger partial charge in [-0.05, 0) is 39.5 Å². The van der Waals surface area contributed by atoms with E-state index in [0.717, 1.165) is 66.9 Å². The molecule has 0 spiro atoms. The van der Waals surface area contributed by atoms with Crippen molar-refractivity contribution in [2.24, 2.45) is 0 Å². The molecular weight excluding hydrogens is 409 g/mol. The molecule has 0 aromatic carbocycles. The Morgan fingerprint density at radius 1 is 0.903 bits per heavy atom. The summed E-state index contributed by atoms with van der Waals surface area (Å²) in [6.07, 6.45) is 1.69. The maximum atomic E-state index is 13.4. The van der Waals surface area contributed by atoms with E-state index in [0.29, 0.717) is 17.9 Å². The SMILES string of the molecule is Cc1c(N2CCCC(c3nnc4n3CCCCC4)C2)nn2c(C(F)(F)F)nnc2c1C. The van der Waals surface area contributed by atoms with Crippen molar-refractivity contribution in [2.75, 3.05) is 18.0 Å². The van der Waals surface area contributed by atoms with E-state index < -0.39 is 12.0 Å². The smallest absolute Gasteiger partial charge is 0.354 e. The topological polar surface area (TPSA) is 77.0 Å². The number of aryl methyl sites for hydroxylation is 2. The third-order valence-corrected chi connectivity index (χ3v) is 6.55. The Balaban J connectivity index is 1.51. The fourth-order valence-electron chi connectivity index (χ4n) is 4.78. The predicted octanol–water partition coefficient (Wildman–Crippen LogP) is 3.46. The van der Waals surface area contributed by atoms with Gasteiger partial charge in [0.2, 0.25) is 0 Å². The number of hydrogen-bond donors (Lipinski definition) is 0. The summed E-state index contributed by atoms with van der Waals surface area (Å²) in [6, 6.07) is 0. The van der Waals surface area contributed by atoms with E-state index in [4.69, 9.17) is 0 Å². The van der Waals surface area contributed by atoms with Crippen LogP contribution in [0.25, 0.3) is 5.65 Å². The average molecular weight is 434 g/mol. The average Bonchev–Trinajstić information content (AvgIpc) is 3.28. The monoisotopic (exact) mass is 434 g/mol. The maximum absolute atomic E-state index is 13.4. The van der Waals surface area contributed by atoms with Crippen LogP contribution in [0.1, 0.15) is 66.6 Å². The van der Waals surface area contributed by atoms with E-state index in [2.05, 4.69) is 35.0 Å². The van der Waals surface area contributed by atoms with Gasteiger partial charge in [-0.15, -0.1) is 25.5 Å². The van der Waals surface area contributed by atoms with Crippen LogP contribution in [-0.4, -0.2) is 47.7 Å². The van der Waals surface area contributed by atoms with Gasteiger partial charge < -0.3 is 9.47 Å². The molecule has 3 aromatic heterocycles. The molecule has 166 valence electrons. The number of aromatic nitrogens is 7. The van der Waals surface area contributed by atoms with Gasteiger partial charge in [-0.25, -0.2) is 0 Å². The molecule has 5 heterocycles. The Kier molecular flexibility index (Phi) is 4.86. The maximum Gasteiger partial charge on any atom is 0.453 e. The first-order valence-electron chi connectivity index (χ1n) is 10.8. The summed E-state index contributed by atoms with van der Waals surface area (Å²) in [5, 5.41) is 20.4. The molecule has 11 heteroatoms. The molecule has 1 unspecified atom stereocenters. The lowest BCUT2D eigenvalue weighted by Gasteiger charge is -2.34. The molecule has 0 aliphatic carbocycles. The quantitative estimate of drug-likeness (QED) is 0.615. The van der Waals surface area contributed by atoms with Crippen LogP contribution in [0.3, 0.4) is 0 Å². The third kappa shape index (κ3) is 3.43. The summed E-state index contributed by atoms with van der Waals surface area (Å²) in [4.78, 5) is 2.08. The van der Waals surface area contributed by atoms with Crippen molar-refractivity contribution < 1.29 is 13.2 Å². The molecule has 0 N–H and O–H groups in total. The summed E-state index contributed by atoms with van der Waals surface area (Å²) < 4.78 is 43.3. The highest BCUT2D eigenvalue weighted by Gasteiger charge is 2.39. The van der Waals surface area contributed by atoms with Crippen LogP contribution in [0.15, 0.2) is 0 Å². The molecule has 1 atom stereocenters. The minimum absolute atomic E-state index is 0.143. The first-order valence-corrected chi connectivity index (χ1v) is 10.8. The molecule has 2 aliphatic rings. The molecule has 0 saturated carbocycles. The van der Waals surface area contributed by atoms with Gasteiger partial charge in [0.05, 0.1) is 0 Å². The fourth-order valence-corrected chi connectivity index (χ4v) is 4.78. The van der Waals surface area contributed by atoms with E-state index in [1.54, 1.807) is 6.92 Å². The van der Waals surface area contributed by atoms with Crippen LogP contribution < -0.4 is 4.90 Å². The van der Waals surface area contributed by atoms with E-state index >= 15 is 0 Å². The summed E-state index contributed by atoms with van der Waals surface area (Å²) in [5.41, 5.74) is 1.63. The number of nitrogens with zero attached hydrogens (tertiary/aromatic N) is 8. The van der Waals surface area contributed by atoms with Crippen molar-refractivity contribution in [1.29, 1.82) is 0 Å². The van der Waals surface area contributed by atoms with Gasteiger partial charge in [-0.1, -0.05) is 6.42 Å². The summed E-state index contributed by atoms with van der Waals surface area (Å²) >= 11 is 0. The zero-order valence-corrected chi connectivity index (χ0v) is 17.7. The van der Waals surface area contributed by atoms with Gasteiger partial charge in [-0.3, -0.25) is 0 Å². The molecule has 0 amide bonds. The minimum atomic E-state index is -4.62. The van der Waals surface area contributed by atoms with E-state index in [-0.39, 0.29) is 11.6 Å². The summed E-state index contributed by atoms with van der Waals surface area (Å²) in [6.45, 7) is 5.98. The number of halogens is 3. The molecule has 3 aromatic rings. The van der Waals surface area contributed by atoms with Gasteiger partial charge in [-0.2, -0.15) is 17.7 Å². The van der Waals surface area contributed by atoms with Crippen LogP contribution in [0.4, 0.5) is 19.0 Å². The van der Waals surface area contributed by atoms with Crippen LogP contribution >= 0.6 is 0 Å². The normalized spacial score (nSPS) is 20.2. The molecule has 31 heavy (non-hydrogen) atoms. The largest absolute Gasteiger partial charge is 0.453 e. The number of rotatable bonds is 2. The number of alkyl halides is 3. The fraction of sp³-hybridized carbons (Fsp3) is 0.650. The molecule has 5 rings (SSSR count). The standard InChI is InChI=1S/C20H25F3N8/c1-12-13(2)17(28-31-16(12)25-27-19(31)20(21,22)23)29-9-6-7-14(11-29)18-26-24-15-8-4-3-5-10-30(15)18/h14H,3-11H2,1-2H3. The first-order chi connectivity index (χ1) is 14.8. The Labute approximate surface area is 177 Å². The van der Waals surface area contributed by atoms with Crippen LogP contribution in [0, 0.1) is 13.8 Å². The highest BCUT2D eigenvalue weighted by molar-refractivity contribution is 5.59. The Hall–Kier alpha value is -2.72. The summed E-state index contributed by atoms with van der Waals surface area (Å²) in [5.74, 6) is 1.68. The van der Waals surface area contributed by atoms with Gasteiger partial charge in [0.25, 0.3) is 5.82 Å². The number of piperidine rings is 1. The molecule has 1 saturated heterocycles. The van der Waals surface area contributed by atoms with Gasteiger partial charge in [0.15, 0.2) is 11.5 Å². The lowest BCUT2D eigenvalue weighted by Crippen LogP contribution is -2.37. The Morgan fingerprint density at radius 3 is 2.55 bits per heavy atom. The third-order valence-electron chi connectivity index (χ3n) is 6.55. The zero-order valence-electron chi connectivity index (χ0n) is 17.7. The molecule has 2 aliphatic heterocycles. The lowest BCUT2D eigenvalue weighted by molar-refractivity contribution is -0.146. The molecule has 1 fully saturated rings. The van der Waals surface area contributed by atoms with E-state index in [9.17, 15) is 13.2 Å². The van der Waals surface area contributed by atoms with Crippen molar-refractivity contribution in [3.8, 4) is 0 Å². The second-order valence-corrected chi connectivity index (χ2v) is 8.55. The van der Waals surface area contributed by atoms with Gasteiger partial charge in [0.1, 0.15) is 11.6 Å². The van der Waals surface area contributed by atoms with Crippen molar-refractivity contribution >= 4 is 11.5 Å². The highest BCUT2D eigenvalue weighted by Crippen LogP contribution is 2.34. The Morgan fingerprint density at radius 2 is 1.74 bits per heavy atom. The first kappa shape index (κ1) is 20.2. The van der Waals surface area contributed by atoms with Crippen molar-refractivity contribution in [3.05, 3.63) is 28.6 Å². The van der Waals surface area contributed by atoms with Crippen LogP contribution in [0.2, 0.25) is 0 Å². The number of anilines is 1. The van der Waals surface area contributed by atoms with Gasteiger partial charge in [0, 0.05) is 43.1 Å². The Bertz CT molecular complexity index is 1120. The lowest BCUT2D eigenvalue weighted by atomic mass is 9.96.